The molecule has 0 unspecified atom stereocenters. The Morgan fingerprint density at radius 2 is 2.40 bits per heavy atom. The predicted octanol–water partition coefficient (Wildman–Crippen LogP) is 1.02. The Morgan fingerprint density at radius 1 is 1.70 bits per heavy atom. The molecule has 1 rings (SSSR count). The molecule has 0 radical (unpaired) electrons. The van der Waals surface area contributed by atoms with Crippen LogP contribution in [0.1, 0.15) is 20.3 Å². The molecule has 1 aliphatic rings. The first kappa shape index (κ1) is 7.92. The molecule has 0 saturated carbocycles. The van der Waals surface area contributed by atoms with Crippen molar-refractivity contribution in [3.8, 4) is 0 Å². The third-order valence-corrected chi connectivity index (χ3v) is 3.09. The fourth-order valence-corrected chi connectivity index (χ4v) is 2.38. The molecule has 1 amide bonds. The summed E-state index contributed by atoms with van der Waals surface area (Å²) in [6, 6.07) is 0.419. The summed E-state index contributed by atoms with van der Waals surface area (Å²) in [7, 11) is 0. The third-order valence-electron chi connectivity index (χ3n) is 1.76. The number of amides is 1. The van der Waals surface area contributed by atoms with Crippen molar-refractivity contribution in [3.05, 3.63) is 0 Å². The monoisotopic (exact) mass is 159 g/mol. The van der Waals surface area contributed by atoms with Gasteiger partial charge in [0.1, 0.15) is 0 Å². The molecule has 1 fully saturated rings. The van der Waals surface area contributed by atoms with Gasteiger partial charge >= 0.3 is 0 Å². The quantitative estimate of drug-likeness (QED) is 0.619. The zero-order chi connectivity index (χ0) is 7.56. The van der Waals surface area contributed by atoms with E-state index < -0.39 is 0 Å². The van der Waals surface area contributed by atoms with E-state index in [0.29, 0.717) is 11.3 Å². The van der Waals surface area contributed by atoms with Gasteiger partial charge in [0.2, 0.25) is 5.91 Å². The minimum atomic E-state index is 0.0966. The van der Waals surface area contributed by atoms with Crippen LogP contribution in [0.2, 0.25) is 0 Å². The summed E-state index contributed by atoms with van der Waals surface area (Å²) in [6.07, 6.45) is 1.13. The normalized spacial score (nSPS) is 32.2. The molecule has 1 saturated heterocycles. The maximum atomic E-state index is 10.6. The summed E-state index contributed by atoms with van der Waals surface area (Å²) in [5.41, 5.74) is 0. The molecule has 3 heteroatoms. The van der Waals surface area contributed by atoms with Gasteiger partial charge in [0.25, 0.3) is 0 Å². The number of rotatable bonds is 1. The second-order valence-electron chi connectivity index (χ2n) is 2.67. The van der Waals surface area contributed by atoms with Crippen molar-refractivity contribution in [2.24, 2.45) is 0 Å². The molecular formula is C7H13NOS. The summed E-state index contributed by atoms with van der Waals surface area (Å²) in [5.74, 6) is 1.28. The lowest BCUT2D eigenvalue weighted by molar-refractivity contribution is -0.119. The number of thioether (sulfide) groups is 1. The van der Waals surface area contributed by atoms with Gasteiger partial charge in [-0.3, -0.25) is 4.79 Å². The topological polar surface area (TPSA) is 29.1 Å². The van der Waals surface area contributed by atoms with E-state index >= 15 is 0 Å². The van der Waals surface area contributed by atoms with Gasteiger partial charge in [0.05, 0.1) is 0 Å². The molecule has 10 heavy (non-hydrogen) atoms. The van der Waals surface area contributed by atoms with Gasteiger partial charge in [-0.05, 0) is 12.2 Å². The van der Waals surface area contributed by atoms with E-state index in [9.17, 15) is 4.79 Å². The lowest BCUT2D eigenvalue weighted by atomic mass is 10.2. The average Bonchev–Trinajstić information content (AvgIpc) is 2.15. The van der Waals surface area contributed by atoms with Crippen LogP contribution in [0.25, 0.3) is 0 Å². The molecule has 1 N–H and O–H groups in total. The highest BCUT2D eigenvalue weighted by atomic mass is 32.2. The number of nitrogens with one attached hydrogen (secondary N) is 1. The summed E-state index contributed by atoms with van der Waals surface area (Å²) in [6.45, 7) is 3.74. The molecule has 2 atom stereocenters. The van der Waals surface area contributed by atoms with Gasteiger partial charge in [-0.15, -0.1) is 0 Å². The van der Waals surface area contributed by atoms with E-state index in [0.717, 1.165) is 6.42 Å². The average molecular weight is 159 g/mol. The van der Waals surface area contributed by atoms with Crippen molar-refractivity contribution in [1.29, 1.82) is 0 Å². The van der Waals surface area contributed by atoms with E-state index in [-0.39, 0.29) is 5.91 Å². The molecule has 0 aliphatic carbocycles. The molecule has 0 spiro atoms. The van der Waals surface area contributed by atoms with Crippen LogP contribution in [0.5, 0.6) is 0 Å². The second-order valence-corrected chi connectivity index (χ2v) is 4.16. The van der Waals surface area contributed by atoms with Crippen LogP contribution < -0.4 is 5.32 Å². The van der Waals surface area contributed by atoms with Gasteiger partial charge in [-0.1, -0.05) is 6.92 Å². The second kappa shape index (κ2) is 3.28. The summed E-state index contributed by atoms with van der Waals surface area (Å²) in [4.78, 5) is 10.6. The van der Waals surface area contributed by atoms with E-state index in [1.807, 2.05) is 11.8 Å². The van der Waals surface area contributed by atoms with Crippen LogP contribution in [-0.2, 0) is 4.79 Å². The molecule has 58 valence electrons. The first-order valence-electron chi connectivity index (χ1n) is 3.59. The third kappa shape index (κ3) is 1.90. The first-order valence-corrected chi connectivity index (χ1v) is 4.63. The number of carbonyl (C=O) groups is 1. The number of carbonyl (C=O) groups excluding carboxylic acids is 1. The highest BCUT2D eigenvalue weighted by Gasteiger charge is 2.23. The summed E-state index contributed by atoms with van der Waals surface area (Å²) >= 11 is 1.93. The van der Waals surface area contributed by atoms with Crippen LogP contribution in [0.3, 0.4) is 0 Å². The van der Waals surface area contributed by atoms with E-state index in [4.69, 9.17) is 0 Å². The largest absolute Gasteiger partial charge is 0.352 e. The van der Waals surface area contributed by atoms with Crippen molar-refractivity contribution in [2.75, 3.05) is 5.75 Å². The number of hydrogen-bond acceptors (Lipinski definition) is 2. The van der Waals surface area contributed by atoms with Crippen LogP contribution in [0, 0.1) is 0 Å². The van der Waals surface area contributed by atoms with E-state index in [2.05, 4.69) is 12.2 Å². The van der Waals surface area contributed by atoms with Crippen LogP contribution >= 0.6 is 11.8 Å². The first-order chi connectivity index (χ1) is 4.70. The fraction of sp³-hybridized carbons (Fsp3) is 0.857. The zero-order valence-electron chi connectivity index (χ0n) is 6.39. The van der Waals surface area contributed by atoms with E-state index in [1.165, 1.54) is 5.75 Å². The lowest BCUT2D eigenvalue weighted by Crippen LogP contribution is -2.36. The maximum Gasteiger partial charge on any atom is 0.217 e. The van der Waals surface area contributed by atoms with Gasteiger partial charge in [-0.2, -0.15) is 11.8 Å². The van der Waals surface area contributed by atoms with Crippen molar-refractivity contribution in [1.82, 2.24) is 5.32 Å². The fourth-order valence-electron chi connectivity index (χ4n) is 1.18. The molecule has 1 aliphatic heterocycles. The molecule has 0 aromatic rings. The minimum absolute atomic E-state index is 0.0966. The molecular weight excluding hydrogens is 146 g/mol. The highest BCUT2D eigenvalue weighted by Crippen LogP contribution is 2.25. The Bertz CT molecular complexity index is 138. The van der Waals surface area contributed by atoms with Gasteiger partial charge < -0.3 is 5.32 Å². The molecule has 0 aromatic carbocycles. The number of hydrogen-bond donors (Lipinski definition) is 1. The van der Waals surface area contributed by atoms with Crippen molar-refractivity contribution in [3.63, 3.8) is 0 Å². The van der Waals surface area contributed by atoms with Crippen molar-refractivity contribution in [2.45, 2.75) is 31.6 Å². The molecule has 1 heterocycles. The van der Waals surface area contributed by atoms with Crippen LogP contribution in [-0.4, -0.2) is 23.0 Å². The Balaban J connectivity index is 2.33. The minimum Gasteiger partial charge on any atom is -0.352 e. The maximum absolute atomic E-state index is 10.6. The Kier molecular flexibility index (Phi) is 2.60. The smallest absolute Gasteiger partial charge is 0.217 e. The Labute approximate surface area is 65.8 Å². The molecule has 0 aromatic heterocycles. The SMILES string of the molecule is CC(=O)N[C@H]1CCS[C@H]1C. The van der Waals surface area contributed by atoms with Crippen LogP contribution in [0.15, 0.2) is 0 Å². The zero-order valence-corrected chi connectivity index (χ0v) is 7.20. The summed E-state index contributed by atoms with van der Waals surface area (Å²) < 4.78 is 0. The Morgan fingerprint density at radius 3 is 2.80 bits per heavy atom. The highest BCUT2D eigenvalue weighted by molar-refractivity contribution is 8.00. The van der Waals surface area contributed by atoms with Gasteiger partial charge in [-0.25, -0.2) is 0 Å². The molecule has 0 bridgehead atoms. The summed E-state index contributed by atoms with van der Waals surface area (Å²) in [5, 5.41) is 3.53. The lowest BCUT2D eigenvalue weighted by Gasteiger charge is -2.14. The molecule has 2 nitrogen and oxygen atoms in total. The predicted molar refractivity (Wildman–Crippen MR) is 44.1 cm³/mol. The standard InChI is InChI=1S/C7H13NOS/c1-5-7(3-4-10-5)8-6(2)9/h5,7H,3-4H2,1-2H3,(H,8,9)/t5-,7-/m0/s1. The Hall–Kier alpha value is -0.180. The van der Waals surface area contributed by atoms with Gasteiger partial charge in [0.15, 0.2) is 0 Å². The van der Waals surface area contributed by atoms with Crippen LogP contribution in [0.4, 0.5) is 0 Å². The van der Waals surface area contributed by atoms with E-state index in [1.54, 1.807) is 6.92 Å². The van der Waals surface area contributed by atoms with Gasteiger partial charge in [0, 0.05) is 18.2 Å². The van der Waals surface area contributed by atoms with Crippen molar-refractivity contribution < 1.29 is 4.79 Å². The van der Waals surface area contributed by atoms with Crippen molar-refractivity contribution >= 4 is 17.7 Å².